The van der Waals surface area contributed by atoms with Gasteiger partial charge >= 0.3 is 0 Å². The Morgan fingerprint density at radius 3 is 2.52 bits per heavy atom. The van der Waals surface area contributed by atoms with Crippen molar-refractivity contribution < 1.29 is 9.53 Å². The molecule has 2 bridgehead atoms. The number of carbonyl (C=O) groups excluding carboxylic acids is 1. The Morgan fingerprint density at radius 1 is 1.24 bits per heavy atom. The Bertz CT molecular complexity index is 1280. The molecule has 3 aliphatic rings. The number of aryl methyl sites for hydroxylation is 1. The van der Waals surface area contributed by atoms with E-state index in [1.165, 1.54) is 6.92 Å². The lowest BCUT2D eigenvalue weighted by Gasteiger charge is -2.62. The fourth-order valence-electron chi connectivity index (χ4n) is 5.04. The third-order valence-corrected chi connectivity index (χ3v) is 6.93. The van der Waals surface area contributed by atoms with Crippen LogP contribution in [0.15, 0.2) is 35.3 Å². The first-order valence-corrected chi connectivity index (χ1v) is 11.4. The molecule has 3 fully saturated rings. The number of anilines is 2. The lowest BCUT2D eigenvalue weighted by atomic mass is 9.49. The highest BCUT2D eigenvalue weighted by Gasteiger charge is 2.59. The van der Waals surface area contributed by atoms with Crippen molar-refractivity contribution >= 4 is 28.5 Å². The van der Waals surface area contributed by atoms with Crippen LogP contribution in [0.2, 0.25) is 0 Å². The summed E-state index contributed by atoms with van der Waals surface area (Å²) in [5.41, 5.74) is 1.90. The molecule has 0 aliphatic heterocycles. The molecule has 0 unspecified atom stereocenters. The predicted octanol–water partition coefficient (Wildman–Crippen LogP) is 3.50. The molecule has 33 heavy (non-hydrogen) atoms. The van der Waals surface area contributed by atoms with E-state index in [0.717, 1.165) is 42.6 Å². The summed E-state index contributed by atoms with van der Waals surface area (Å²) in [5.74, 6) is 1.69. The van der Waals surface area contributed by atoms with E-state index >= 15 is 0 Å². The summed E-state index contributed by atoms with van der Waals surface area (Å²) in [7, 11) is 4.02. The van der Waals surface area contributed by atoms with E-state index in [2.05, 4.69) is 15.2 Å². The number of likely N-dealkylation sites (N-methyl/N-ethyl adjacent to an activating group) is 1. The number of ether oxygens (including phenoxy) is 1. The lowest BCUT2D eigenvalue weighted by molar-refractivity contribution is -0.0884. The van der Waals surface area contributed by atoms with Gasteiger partial charge in [0.15, 0.2) is 5.78 Å². The van der Waals surface area contributed by atoms with Gasteiger partial charge in [0.1, 0.15) is 18.0 Å². The largest absolute Gasteiger partial charge is 0.492 e. The Hall–Kier alpha value is -3.26. The quantitative estimate of drug-likeness (QED) is 0.529. The van der Waals surface area contributed by atoms with Crippen molar-refractivity contribution in [2.45, 2.75) is 38.6 Å². The molecule has 8 nitrogen and oxygen atoms in total. The zero-order valence-electron chi connectivity index (χ0n) is 19.5. The smallest absolute Gasteiger partial charge is 0.263 e. The second-order valence-corrected chi connectivity index (χ2v) is 9.63. The first-order chi connectivity index (χ1) is 15.8. The van der Waals surface area contributed by atoms with Gasteiger partial charge in [0.25, 0.3) is 5.56 Å². The normalized spacial score (nSPS) is 20.9. The summed E-state index contributed by atoms with van der Waals surface area (Å²) in [4.78, 5) is 37.0. The number of ketones is 1. The number of benzene rings is 1. The van der Waals surface area contributed by atoms with E-state index in [1.54, 1.807) is 17.7 Å². The van der Waals surface area contributed by atoms with Gasteiger partial charge in [-0.3, -0.25) is 14.2 Å². The van der Waals surface area contributed by atoms with Crippen LogP contribution in [0.4, 0.5) is 11.6 Å². The summed E-state index contributed by atoms with van der Waals surface area (Å²) in [5, 5.41) is 3.98. The molecule has 172 valence electrons. The van der Waals surface area contributed by atoms with Crippen molar-refractivity contribution in [2.75, 3.05) is 32.6 Å². The van der Waals surface area contributed by atoms with Crippen molar-refractivity contribution in [2.24, 2.45) is 5.92 Å². The van der Waals surface area contributed by atoms with Gasteiger partial charge in [-0.05, 0) is 83.0 Å². The van der Waals surface area contributed by atoms with E-state index in [1.807, 2.05) is 38.4 Å². The molecule has 1 N–H and O–H groups in total. The zero-order valence-corrected chi connectivity index (χ0v) is 19.5. The Morgan fingerprint density at radius 2 is 1.94 bits per heavy atom. The Balaban J connectivity index is 1.47. The molecule has 8 heteroatoms. The number of hydrogen-bond acceptors (Lipinski definition) is 7. The molecule has 0 saturated heterocycles. The number of carbonyl (C=O) groups is 1. The fraction of sp³-hybridized carbons (Fsp3) is 0.440. The molecule has 3 aliphatic carbocycles. The van der Waals surface area contributed by atoms with Gasteiger partial charge in [0.2, 0.25) is 5.95 Å². The van der Waals surface area contributed by atoms with Crippen LogP contribution in [-0.4, -0.2) is 52.5 Å². The maximum atomic E-state index is 13.4. The molecule has 1 aromatic carbocycles. The van der Waals surface area contributed by atoms with Crippen LogP contribution in [0.3, 0.4) is 0 Å². The van der Waals surface area contributed by atoms with Crippen LogP contribution >= 0.6 is 0 Å². The average Bonchev–Trinajstić information content (AvgIpc) is 2.69. The van der Waals surface area contributed by atoms with Crippen LogP contribution in [0.5, 0.6) is 5.75 Å². The number of nitrogens with one attached hydrogen (secondary N) is 1. The fourth-order valence-corrected chi connectivity index (χ4v) is 5.04. The van der Waals surface area contributed by atoms with Crippen LogP contribution in [0.1, 0.15) is 42.1 Å². The van der Waals surface area contributed by atoms with E-state index < -0.39 is 0 Å². The highest BCUT2D eigenvalue weighted by molar-refractivity contribution is 5.99. The van der Waals surface area contributed by atoms with Crippen LogP contribution < -0.4 is 15.6 Å². The molecule has 0 radical (unpaired) electrons. The first kappa shape index (κ1) is 21.6. The number of aromatic nitrogens is 3. The van der Waals surface area contributed by atoms with E-state index in [9.17, 15) is 9.59 Å². The van der Waals surface area contributed by atoms with Gasteiger partial charge in [0.05, 0.1) is 11.1 Å². The third kappa shape index (κ3) is 3.68. The number of nitrogens with zero attached hydrogens (tertiary/aromatic N) is 4. The standard InChI is InChI=1S/C25H29N5O3/c1-15-20-14-26-24(27-18-5-7-19(8-6-18)33-10-9-29(3)4)28-22(20)30(23(32)21(15)16(2)31)25-11-17(12-25)13-25/h5-8,14,17H,9-13H2,1-4H3,(H,26,27,28). The Kier molecular flexibility index (Phi) is 5.20. The van der Waals surface area contributed by atoms with Crippen LogP contribution in [0, 0.1) is 12.8 Å². The maximum absolute atomic E-state index is 13.4. The van der Waals surface area contributed by atoms with Gasteiger partial charge in [0, 0.05) is 23.8 Å². The monoisotopic (exact) mass is 447 g/mol. The van der Waals surface area contributed by atoms with E-state index in [-0.39, 0.29) is 22.4 Å². The van der Waals surface area contributed by atoms with Crippen molar-refractivity contribution in [3.63, 3.8) is 0 Å². The number of fused-ring (bicyclic) bond motifs is 1. The number of hydrogen-bond donors (Lipinski definition) is 1. The number of Topliss-reactive ketones (excluding diaryl/α,β-unsaturated/α-hetero) is 1. The van der Waals surface area contributed by atoms with Gasteiger partial charge < -0.3 is 15.0 Å². The van der Waals surface area contributed by atoms with Crippen LogP contribution in [0.25, 0.3) is 11.0 Å². The van der Waals surface area contributed by atoms with Gasteiger partial charge in [-0.2, -0.15) is 4.98 Å². The van der Waals surface area contributed by atoms with Gasteiger partial charge in [-0.1, -0.05) is 0 Å². The van der Waals surface area contributed by atoms with Crippen molar-refractivity contribution in [1.82, 2.24) is 19.4 Å². The number of pyridine rings is 1. The van der Waals surface area contributed by atoms with Crippen LogP contribution in [-0.2, 0) is 5.54 Å². The summed E-state index contributed by atoms with van der Waals surface area (Å²) < 4.78 is 7.53. The minimum atomic E-state index is -0.227. The minimum absolute atomic E-state index is 0.199. The zero-order chi connectivity index (χ0) is 23.3. The molecular weight excluding hydrogens is 418 g/mol. The molecule has 2 heterocycles. The second-order valence-electron chi connectivity index (χ2n) is 9.63. The van der Waals surface area contributed by atoms with Crippen molar-refractivity contribution in [3.05, 3.63) is 51.9 Å². The highest BCUT2D eigenvalue weighted by atomic mass is 16.5. The molecule has 0 spiro atoms. The highest BCUT2D eigenvalue weighted by Crippen LogP contribution is 2.62. The van der Waals surface area contributed by atoms with E-state index in [4.69, 9.17) is 9.72 Å². The number of rotatable bonds is 8. The Labute approximate surface area is 192 Å². The second kappa shape index (κ2) is 7.95. The third-order valence-electron chi connectivity index (χ3n) is 6.93. The summed E-state index contributed by atoms with van der Waals surface area (Å²) in [6.07, 6.45) is 4.64. The summed E-state index contributed by atoms with van der Waals surface area (Å²) >= 11 is 0. The molecule has 2 aromatic heterocycles. The predicted molar refractivity (Wildman–Crippen MR) is 128 cm³/mol. The summed E-state index contributed by atoms with van der Waals surface area (Å²) in [6.45, 7) is 4.72. The maximum Gasteiger partial charge on any atom is 0.263 e. The first-order valence-electron chi connectivity index (χ1n) is 11.4. The molecule has 0 atom stereocenters. The minimum Gasteiger partial charge on any atom is -0.492 e. The van der Waals surface area contributed by atoms with Gasteiger partial charge in [-0.15, -0.1) is 0 Å². The molecular formula is C25H29N5O3. The molecule has 6 rings (SSSR count). The molecule has 3 aromatic rings. The molecule has 0 amide bonds. The summed E-state index contributed by atoms with van der Waals surface area (Å²) in [6, 6.07) is 7.63. The van der Waals surface area contributed by atoms with Gasteiger partial charge in [-0.25, -0.2) is 4.98 Å². The SMILES string of the molecule is CC(=O)c1c(C)c2cnc(Nc3ccc(OCCN(C)C)cc3)nc2n(C23CC(C2)C3)c1=O. The van der Waals surface area contributed by atoms with Crippen molar-refractivity contribution in [1.29, 1.82) is 0 Å². The topological polar surface area (TPSA) is 89.3 Å². The van der Waals surface area contributed by atoms with Crippen molar-refractivity contribution in [3.8, 4) is 5.75 Å². The molecule has 3 saturated carbocycles. The van der Waals surface area contributed by atoms with E-state index in [0.29, 0.717) is 29.7 Å². The lowest BCUT2D eigenvalue weighted by Crippen LogP contribution is -2.62. The average molecular weight is 448 g/mol.